The van der Waals surface area contributed by atoms with Crippen LogP contribution in [0.1, 0.15) is 5.56 Å². The summed E-state index contributed by atoms with van der Waals surface area (Å²) in [5.74, 6) is 0.742. The number of halogens is 1. The molecule has 0 bridgehead atoms. The van der Waals surface area contributed by atoms with Crippen LogP contribution in [0.5, 0.6) is 5.75 Å². The van der Waals surface area contributed by atoms with Crippen molar-refractivity contribution in [3.63, 3.8) is 0 Å². The minimum atomic E-state index is -0.213. The smallest absolute Gasteiger partial charge is 0.323 e. The van der Waals surface area contributed by atoms with E-state index in [-0.39, 0.29) is 5.69 Å². The molecule has 0 saturated carbocycles. The van der Waals surface area contributed by atoms with Gasteiger partial charge in [-0.15, -0.1) is 0 Å². The quantitative estimate of drug-likeness (QED) is 0.693. The third kappa shape index (κ3) is 2.73. The molecule has 0 aliphatic rings. The summed E-state index contributed by atoms with van der Waals surface area (Å²) in [7, 11) is 1.62. The van der Waals surface area contributed by atoms with Crippen molar-refractivity contribution in [3.8, 4) is 5.75 Å². The molecule has 0 aliphatic heterocycles. The zero-order valence-electron chi connectivity index (χ0n) is 11.4. The minimum Gasteiger partial charge on any atom is -0.496 e. The Kier molecular flexibility index (Phi) is 3.58. The van der Waals surface area contributed by atoms with Gasteiger partial charge < -0.3 is 20.0 Å². The summed E-state index contributed by atoms with van der Waals surface area (Å²) in [5, 5.41) is 3.93. The number of aromatic nitrogens is 2. The third-order valence-electron chi connectivity index (χ3n) is 3.28. The molecule has 0 spiro atoms. The Morgan fingerprint density at radius 2 is 2.00 bits per heavy atom. The van der Waals surface area contributed by atoms with Crippen molar-refractivity contribution in [2.75, 3.05) is 12.4 Å². The maximum atomic E-state index is 11.2. The Labute approximate surface area is 125 Å². The van der Waals surface area contributed by atoms with Crippen LogP contribution in [0, 0.1) is 0 Å². The zero-order valence-corrected chi connectivity index (χ0v) is 12.1. The summed E-state index contributed by atoms with van der Waals surface area (Å²) < 4.78 is 5.31. The van der Waals surface area contributed by atoms with Crippen LogP contribution >= 0.6 is 11.6 Å². The van der Waals surface area contributed by atoms with Crippen molar-refractivity contribution in [3.05, 3.63) is 57.5 Å². The highest BCUT2D eigenvalue weighted by Crippen LogP contribution is 2.27. The van der Waals surface area contributed by atoms with Gasteiger partial charge in [0.2, 0.25) is 0 Å². The molecule has 6 heteroatoms. The second-order valence-electron chi connectivity index (χ2n) is 4.61. The molecule has 3 aromatic rings. The fourth-order valence-corrected chi connectivity index (χ4v) is 2.47. The lowest BCUT2D eigenvalue weighted by molar-refractivity contribution is 0.410. The number of fused-ring (bicyclic) bond motifs is 1. The number of imidazole rings is 1. The molecule has 108 valence electrons. The predicted molar refractivity (Wildman–Crippen MR) is 84.3 cm³/mol. The van der Waals surface area contributed by atoms with Gasteiger partial charge in [-0.05, 0) is 30.3 Å². The number of aromatic amines is 2. The normalized spacial score (nSPS) is 10.8. The lowest BCUT2D eigenvalue weighted by Gasteiger charge is -2.12. The van der Waals surface area contributed by atoms with Gasteiger partial charge in [0, 0.05) is 22.8 Å². The van der Waals surface area contributed by atoms with E-state index in [1.54, 1.807) is 7.11 Å². The van der Waals surface area contributed by atoms with Gasteiger partial charge in [-0.1, -0.05) is 17.7 Å². The fourth-order valence-electron chi connectivity index (χ4n) is 2.23. The van der Waals surface area contributed by atoms with Gasteiger partial charge in [-0.3, -0.25) is 0 Å². The van der Waals surface area contributed by atoms with Crippen molar-refractivity contribution < 1.29 is 4.74 Å². The number of benzene rings is 2. The summed E-state index contributed by atoms with van der Waals surface area (Å²) in [6.07, 6.45) is 0. The van der Waals surface area contributed by atoms with E-state index in [0.29, 0.717) is 11.6 Å². The van der Waals surface area contributed by atoms with Gasteiger partial charge in [0.15, 0.2) is 0 Å². The first-order valence-corrected chi connectivity index (χ1v) is 6.82. The molecule has 0 amide bonds. The first-order chi connectivity index (χ1) is 10.2. The molecule has 0 aliphatic carbocycles. The number of nitrogens with one attached hydrogen (secondary N) is 3. The Morgan fingerprint density at radius 3 is 2.81 bits per heavy atom. The van der Waals surface area contributed by atoms with Crippen LogP contribution in [-0.4, -0.2) is 17.1 Å². The average Bonchev–Trinajstić information content (AvgIpc) is 2.85. The highest BCUT2D eigenvalue weighted by atomic mass is 35.5. The predicted octanol–water partition coefficient (Wildman–Crippen LogP) is 3.13. The van der Waals surface area contributed by atoms with Crippen molar-refractivity contribution in [2.45, 2.75) is 6.54 Å². The van der Waals surface area contributed by atoms with Gasteiger partial charge in [-0.2, -0.15) is 0 Å². The number of rotatable bonds is 4. The van der Waals surface area contributed by atoms with Crippen LogP contribution in [0.2, 0.25) is 5.02 Å². The molecule has 0 atom stereocenters. The molecule has 3 rings (SSSR count). The van der Waals surface area contributed by atoms with Crippen LogP contribution in [0.4, 0.5) is 5.69 Å². The molecule has 1 aromatic heterocycles. The van der Waals surface area contributed by atoms with Crippen molar-refractivity contribution in [1.29, 1.82) is 0 Å². The number of hydrogen-bond acceptors (Lipinski definition) is 3. The first-order valence-electron chi connectivity index (χ1n) is 6.44. The molecule has 21 heavy (non-hydrogen) atoms. The Bertz CT molecular complexity index is 838. The van der Waals surface area contributed by atoms with Crippen LogP contribution in [-0.2, 0) is 6.54 Å². The van der Waals surface area contributed by atoms with Gasteiger partial charge in [0.05, 0.1) is 18.1 Å². The molecule has 1 heterocycles. The molecule has 5 nitrogen and oxygen atoms in total. The molecule has 2 aromatic carbocycles. The zero-order chi connectivity index (χ0) is 14.8. The summed E-state index contributed by atoms with van der Waals surface area (Å²) in [4.78, 5) is 16.7. The van der Waals surface area contributed by atoms with Crippen LogP contribution < -0.4 is 15.7 Å². The summed E-state index contributed by atoms with van der Waals surface area (Å²) in [6.45, 7) is 0.531. The first kappa shape index (κ1) is 13.6. The van der Waals surface area contributed by atoms with Gasteiger partial charge in [0.25, 0.3) is 0 Å². The third-order valence-corrected chi connectivity index (χ3v) is 3.64. The average molecular weight is 304 g/mol. The van der Waals surface area contributed by atoms with Crippen molar-refractivity contribution in [1.82, 2.24) is 9.97 Å². The standard InChI is InChI=1S/C15H14ClN3O2/c1-21-14-4-2-3-11(16)10(14)8-17-9-5-6-12-13(7-9)19-15(20)18-12/h2-7,17H,8H2,1H3,(H2,18,19,20). The van der Waals surface area contributed by atoms with E-state index in [4.69, 9.17) is 16.3 Å². The number of H-pyrrole nitrogens is 2. The van der Waals surface area contributed by atoms with Gasteiger partial charge in [-0.25, -0.2) is 4.79 Å². The lowest BCUT2D eigenvalue weighted by atomic mass is 10.2. The largest absolute Gasteiger partial charge is 0.496 e. The Morgan fingerprint density at radius 1 is 1.19 bits per heavy atom. The molecule has 3 N–H and O–H groups in total. The van der Waals surface area contributed by atoms with Crippen LogP contribution in [0.15, 0.2) is 41.2 Å². The van der Waals surface area contributed by atoms with E-state index in [0.717, 1.165) is 28.0 Å². The Hall–Kier alpha value is -2.40. The summed E-state index contributed by atoms with van der Waals surface area (Å²) >= 11 is 6.20. The highest BCUT2D eigenvalue weighted by molar-refractivity contribution is 6.31. The van der Waals surface area contributed by atoms with E-state index in [1.807, 2.05) is 36.4 Å². The van der Waals surface area contributed by atoms with Crippen LogP contribution in [0.3, 0.4) is 0 Å². The van der Waals surface area contributed by atoms with E-state index in [1.165, 1.54) is 0 Å². The maximum Gasteiger partial charge on any atom is 0.323 e. The molecular formula is C15H14ClN3O2. The van der Waals surface area contributed by atoms with E-state index >= 15 is 0 Å². The van der Waals surface area contributed by atoms with E-state index in [2.05, 4.69) is 15.3 Å². The SMILES string of the molecule is COc1cccc(Cl)c1CNc1ccc2[nH]c(=O)[nH]c2c1. The monoisotopic (exact) mass is 303 g/mol. The molecule has 0 unspecified atom stereocenters. The van der Waals surface area contributed by atoms with Gasteiger partial charge in [0.1, 0.15) is 5.75 Å². The molecule has 0 fully saturated rings. The number of ether oxygens (including phenoxy) is 1. The number of anilines is 1. The van der Waals surface area contributed by atoms with Crippen molar-refractivity contribution >= 4 is 28.3 Å². The van der Waals surface area contributed by atoms with Crippen molar-refractivity contribution in [2.24, 2.45) is 0 Å². The number of hydrogen-bond donors (Lipinski definition) is 3. The lowest BCUT2D eigenvalue weighted by Crippen LogP contribution is -2.02. The van der Waals surface area contributed by atoms with Gasteiger partial charge >= 0.3 is 5.69 Å². The highest BCUT2D eigenvalue weighted by Gasteiger charge is 2.07. The maximum absolute atomic E-state index is 11.2. The molecule has 0 saturated heterocycles. The van der Waals surface area contributed by atoms with E-state index in [9.17, 15) is 4.79 Å². The summed E-state index contributed by atoms with van der Waals surface area (Å²) in [6, 6.07) is 11.2. The summed E-state index contributed by atoms with van der Waals surface area (Å²) in [5.41, 5.74) is 3.11. The number of methoxy groups -OCH3 is 1. The second-order valence-corrected chi connectivity index (χ2v) is 5.02. The topological polar surface area (TPSA) is 69.9 Å². The fraction of sp³-hybridized carbons (Fsp3) is 0.133. The molecule has 0 radical (unpaired) electrons. The van der Waals surface area contributed by atoms with E-state index < -0.39 is 0 Å². The van der Waals surface area contributed by atoms with Crippen LogP contribution in [0.25, 0.3) is 11.0 Å². The molecular weight excluding hydrogens is 290 g/mol. The Balaban J connectivity index is 1.84. The second kappa shape index (κ2) is 5.54. The minimum absolute atomic E-state index is 0.213.